The number of halogens is 1. The Bertz CT molecular complexity index is 456. The van der Waals surface area contributed by atoms with Gasteiger partial charge in [-0.2, -0.15) is 0 Å². The summed E-state index contributed by atoms with van der Waals surface area (Å²) in [5.74, 6) is 0.311. The predicted octanol–water partition coefficient (Wildman–Crippen LogP) is 4.28. The summed E-state index contributed by atoms with van der Waals surface area (Å²) in [5.41, 5.74) is 0.301. The molecule has 1 atom stereocenters. The third kappa shape index (κ3) is 4.70. The van der Waals surface area contributed by atoms with Crippen molar-refractivity contribution in [2.24, 2.45) is 0 Å². The molecule has 1 fully saturated rings. The first-order chi connectivity index (χ1) is 10.0. The molecule has 1 aliphatic carbocycles. The smallest absolute Gasteiger partial charge is 0.120 e. The number of aliphatic hydroxyl groups is 1. The Labute approximate surface area is 135 Å². The molecule has 0 radical (unpaired) electrons. The Morgan fingerprint density at radius 1 is 1.24 bits per heavy atom. The second-order valence-electron chi connectivity index (χ2n) is 6.18. The van der Waals surface area contributed by atoms with Gasteiger partial charge in [-0.3, -0.25) is 0 Å². The first kappa shape index (κ1) is 16.8. The normalized spacial score (nSPS) is 20.0. The molecule has 118 valence electrons. The molecular weight excluding hydrogens is 330 g/mol. The molecule has 0 aliphatic heterocycles. The molecule has 3 nitrogen and oxygen atoms in total. The minimum atomic E-state index is -0.592. The lowest BCUT2D eigenvalue weighted by atomic mass is 9.93. The van der Waals surface area contributed by atoms with Crippen molar-refractivity contribution in [1.82, 2.24) is 5.32 Å². The highest BCUT2D eigenvalue weighted by atomic mass is 79.9. The van der Waals surface area contributed by atoms with Gasteiger partial charge in [0.1, 0.15) is 5.75 Å². The van der Waals surface area contributed by atoms with Crippen LogP contribution >= 0.6 is 15.9 Å². The van der Waals surface area contributed by atoms with Crippen molar-refractivity contribution in [2.75, 3.05) is 6.54 Å². The second-order valence-corrected chi connectivity index (χ2v) is 7.10. The average Bonchev–Trinajstić information content (AvgIpc) is 2.68. The predicted molar refractivity (Wildman–Crippen MR) is 89.5 cm³/mol. The van der Waals surface area contributed by atoms with Gasteiger partial charge in [-0.05, 0) is 37.5 Å². The molecule has 3 N–H and O–H groups in total. The maximum absolute atomic E-state index is 10.7. The van der Waals surface area contributed by atoms with Crippen LogP contribution in [0.15, 0.2) is 22.7 Å². The Kier molecular flexibility index (Phi) is 6.08. The van der Waals surface area contributed by atoms with Crippen LogP contribution in [-0.4, -0.2) is 22.4 Å². The van der Waals surface area contributed by atoms with Gasteiger partial charge in [0.15, 0.2) is 0 Å². The molecule has 1 aromatic rings. The number of phenols is 1. The van der Waals surface area contributed by atoms with E-state index in [1.165, 1.54) is 12.8 Å². The molecule has 2 rings (SSSR count). The van der Waals surface area contributed by atoms with Crippen LogP contribution in [-0.2, 0) is 0 Å². The molecular formula is C17H26BrNO2. The van der Waals surface area contributed by atoms with E-state index in [-0.39, 0.29) is 6.04 Å². The summed E-state index contributed by atoms with van der Waals surface area (Å²) in [7, 11) is 0. The molecule has 1 unspecified atom stereocenters. The number of rotatable bonds is 5. The van der Waals surface area contributed by atoms with Crippen LogP contribution in [0.25, 0.3) is 0 Å². The molecule has 1 saturated carbocycles. The fraction of sp³-hybridized carbons (Fsp3) is 0.647. The van der Waals surface area contributed by atoms with Crippen molar-refractivity contribution >= 4 is 15.9 Å². The number of benzene rings is 1. The molecule has 0 amide bonds. The zero-order valence-corrected chi connectivity index (χ0v) is 14.3. The van der Waals surface area contributed by atoms with Crippen molar-refractivity contribution in [3.63, 3.8) is 0 Å². The molecule has 0 heterocycles. The van der Waals surface area contributed by atoms with Gasteiger partial charge in [-0.15, -0.1) is 0 Å². The minimum absolute atomic E-state index is 0.0646. The zero-order chi connectivity index (χ0) is 15.3. The molecule has 0 bridgehead atoms. The van der Waals surface area contributed by atoms with E-state index < -0.39 is 5.60 Å². The molecule has 1 aromatic carbocycles. The van der Waals surface area contributed by atoms with Crippen LogP contribution in [0.3, 0.4) is 0 Å². The lowest BCUT2D eigenvalue weighted by Crippen LogP contribution is -2.41. The van der Waals surface area contributed by atoms with Crippen molar-refractivity contribution in [3.8, 4) is 5.75 Å². The lowest BCUT2D eigenvalue weighted by molar-refractivity contribution is 0.0224. The maximum Gasteiger partial charge on any atom is 0.120 e. The molecule has 21 heavy (non-hydrogen) atoms. The van der Waals surface area contributed by atoms with Gasteiger partial charge in [0, 0.05) is 22.6 Å². The first-order valence-electron chi connectivity index (χ1n) is 7.98. The summed E-state index contributed by atoms with van der Waals surface area (Å²) in [6, 6.07) is 5.57. The largest absolute Gasteiger partial charge is 0.508 e. The Morgan fingerprint density at radius 3 is 2.52 bits per heavy atom. The summed E-state index contributed by atoms with van der Waals surface area (Å²) >= 11 is 3.45. The monoisotopic (exact) mass is 355 g/mol. The van der Waals surface area contributed by atoms with E-state index in [0.717, 1.165) is 42.1 Å². The van der Waals surface area contributed by atoms with Crippen molar-refractivity contribution in [2.45, 2.75) is 63.5 Å². The second kappa shape index (κ2) is 7.61. The van der Waals surface area contributed by atoms with Crippen molar-refractivity contribution in [1.29, 1.82) is 0 Å². The summed E-state index contributed by atoms with van der Waals surface area (Å²) in [5, 5.41) is 24.3. The third-order valence-electron chi connectivity index (χ3n) is 4.49. The SMILES string of the molecule is CCC(NCC1(O)CCCCCC1)c1cc(Br)ccc1O. The van der Waals surface area contributed by atoms with Crippen LogP contribution < -0.4 is 5.32 Å². The molecule has 0 aromatic heterocycles. The van der Waals surface area contributed by atoms with E-state index >= 15 is 0 Å². The molecule has 0 saturated heterocycles. The van der Waals surface area contributed by atoms with Gasteiger partial charge >= 0.3 is 0 Å². The van der Waals surface area contributed by atoms with Crippen molar-refractivity contribution < 1.29 is 10.2 Å². The Balaban J connectivity index is 2.03. The van der Waals surface area contributed by atoms with Crippen LogP contribution in [0.1, 0.15) is 63.5 Å². The van der Waals surface area contributed by atoms with E-state index in [2.05, 4.69) is 28.2 Å². The van der Waals surface area contributed by atoms with E-state index in [4.69, 9.17) is 0 Å². The lowest BCUT2D eigenvalue weighted by Gasteiger charge is -2.30. The highest BCUT2D eigenvalue weighted by molar-refractivity contribution is 9.10. The first-order valence-corrected chi connectivity index (χ1v) is 8.77. The minimum Gasteiger partial charge on any atom is -0.508 e. The third-order valence-corrected chi connectivity index (χ3v) is 4.98. The summed E-state index contributed by atoms with van der Waals surface area (Å²) in [6.07, 6.45) is 7.30. The van der Waals surface area contributed by atoms with Gasteiger partial charge in [0.05, 0.1) is 5.60 Å². The van der Waals surface area contributed by atoms with E-state index in [0.29, 0.717) is 12.3 Å². The fourth-order valence-electron chi connectivity index (χ4n) is 3.16. The van der Waals surface area contributed by atoms with Gasteiger partial charge < -0.3 is 15.5 Å². The Hall–Kier alpha value is -0.580. The summed E-state index contributed by atoms with van der Waals surface area (Å²) in [4.78, 5) is 0. The summed E-state index contributed by atoms with van der Waals surface area (Å²) in [6.45, 7) is 2.69. The van der Waals surface area contributed by atoms with E-state index in [1.54, 1.807) is 6.07 Å². The van der Waals surface area contributed by atoms with Gasteiger partial charge in [0.2, 0.25) is 0 Å². The van der Waals surface area contributed by atoms with Crippen LogP contribution in [0, 0.1) is 0 Å². The standard InChI is InChI=1S/C17H26BrNO2/c1-2-15(14-11-13(18)7-8-16(14)20)19-12-17(21)9-5-3-4-6-10-17/h7-8,11,15,19-21H,2-6,9-10,12H2,1H3. The Morgan fingerprint density at radius 2 is 1.90 bits per heavy atom. The summed E-state index contributed by atoms with van der Waals surface area (Å²) < 4.78 is 0.962. The number of phenolic OH excluding ortho intramolecular Hbond substituents is 1. The molecule has 1 aliphatic rings. The number of hydrogen-bond donors (Lipinski definition) is 3. The fourth-order valence-corrected chi connectivity index (χ4v) is 3.53. The van der Waals surface area contributed by atoms with Gasteiger partial charge in [-0.25, -0.2) is 0 Å². The van der Waals surface area contributed by atoms with E-state index in [1.807, 2.05) is 12.1 Å². The van der Waals surface area contributed by atoms with Crippen LogP contribution in [0.5, 0.6) is 5.75 Å². The highest BCUT2D eigenvalue weighted by Gasteiger charge is 2.28. The molecule has 4 heteroatoms. The van der Waals surface area contributed by atoms with E-state index in [9.17, 15) is 10.2 Å². The van der Waals surface area contributed by atoms with Crippen LogP contribution in [0.2, 0.25) is 0 Å². The van der Waals surface area contributed by atoms with Crippen molar-refractivity contribution in [3.05, 3.63) is 28.2 Å². The van der Waals surface area contributed by atoms with Crippen LogP contribution in [0.4, 0.5) is 0 Å². The highest BCUT2D eigenvalue weighted by Crippen LogP contribution is 2.31. The van der Waals surface area contributed by atoms with Gasteiger partial charge in [0.25, 0.3) is 0 Å². The quantitative estimate of drug-likeness (QED) is 0.690. The molecule has 0 spiro atoms. The number of aromatic hydroxyl groups is 1. The number of nitrogens with one attached hydrogen (secondary N) is 1. The topological polar surface area (TPSA) is 52.5 Å². The number of hydrogen-bond acceptors (Lipinski definition) is 3. The zero-order valence-electron chi connectivity index (χ0n) is 12.7. The van der Waals surface area contributed by atoms with Gasteiger partial charge in [-0.1, -0.05) is 48.5 Å². The average molecular weight is 356 g/mol. The maximum atomic E-state index is 10.7.